The normalized spacial score (nSPS) is 15.6. The van der Waals surface area contributed by atoms with Gasteiger partial charge in [-0.25, -0.2) is 0 Å². The van der Waals surface area contributed by atoms with Crippen LogP contribution in [0, 0.1) is 18.3 Å². The maximum atomic E-state index is 12.1. The number of nitriles is 1. The number of hydrogen-bond acceptors (Lipinski definition) is 2. The molecule has 0 saturated carbocycles. The molecule has 3 heteroatoms. The average Bonchev–Trinajstić information content (AvgIpc) is 2.89. The van der Waals surface area contributed by atoms with E-state index in [-0.39, 0.29) is 11.5 Å². The van der Waals surface area contributed by atoms with E-state index in [0.717, 1.165) is 37.1 Å². The summed E-state index contributed by atoms with van der Waals surface area (Å²) in [6, 6.07) is 9.81. The number of carbonyl (C=O) groups is 1. The number of amides is 1. The number of nitrogens with zero attached hydrogens (tertiary/aromatic N) is 2. The van der Waals surface area contributed by atoms with Crippen LogP contribution >= 0.6 is 0 Å². The van der Waals surface area contributed by atoms with Gasteiger partial charge in [-0.15, -0.1) is 0 Å². The first-order valence-electron chi connectivity index (χ1n) is 6.18. The summed E-state index contributed by atoms with van der Waals surface area (Å²) >= 11 is 0. The Labute approximate surface area is 107 Å². The second kappa shape index (κ2) is 5.50. The van der Waals surface area contributed by atoms with Crippen molar-refractivity contribution in [3.63, 3.8) is 0 Å². The highest BCUT2D eigenvalue weighted by molar-refractivity contribution is 6.01. The van der Waals surface area contributed by atoms with Crippen LogP contribution in [0.15, 0.2) is 29.8 Å². The highest BCUT2D eigenvalue weighted by atomic mass is 16.2. The number of hydrogen-bond donors (Lipinski definition) is 0. The minimum Gasteiger partial charge on any atom is -0.338 e. The van der Waals surface area contributed by atoms with Crippen molar-refractivity contribution in [2.45, 2.75) is 19.8 Å². The maximum absolute atomic E-state index is 12.1. The fraction of sp³-hybridized carbons (Fsp3) is 0.333. The Morgan fingerprint density at radius 2 is 2.11 bits per heavy atom. The van der Waals surface area contributed by atoms with Crippen LogP contribution in [0.3, 0.4) is 0 Å². The third kappa shape index (κ3) is 2.78. The van der Waals surface area contributed by atoms with Crippen LogP contribution in [0.2, 0.25) is 0 Å². The van der Waals surface area contributed by atoms with E-state index < -0.39 is 0 Å². The van der Waals surface area contributed by atoms with Crippen LogP contribution in [0.1, 0.15) is 24.0 Å². The van der Waals surface area contributed by atoms with E-state index in [1.165, 1.54) is 0 Å². The molecule has 2 rings (SSSR count). The van der Waals surface area contributed by atoms with Crippen molar-refractivity contribution in [3.8, 4) is 6.07 Å². The Kier molecular flexibility index (Phi) is 3.78. The van der Waals surface area contributed by atoms with Gasteiger partial charge in [0.25, 0.3) is 5.91 Å². The Morgan fingerprint density at radius 1 is 1.39 bits per heavy atom. The second-order valence-corrected chi connectivity index (χ2v) is 4.58. The molecule has 0 N–H and O–H groups in total. The van der Waals surface area contributed by atoms with E-state index in [4.69, 9.17) is 5.26 Å². The lowest BCUT2D eigenvalue weighted by molar-refractivity contribution is -0.125. The van der Waals surface area contributed by atoms with Gasteiger partial charge >= 0.3 is 0 Å². The molecule has 1 amide bonds. The van der Waals surface area contributed by atoms with Gasteiger partial charge in [0.05, 0.1) is 0 Å². The summed E-state index contributed by atoms with van der Waals surface area (Å²) in [6.07, 6.45) is 3.75. The quantitative estimate of drug-likeness (QED) is 0.589. The SMILES string of the molecule is Cc1cccc(/C=C(\C#N)C(=O)N2CCCC2)c1. The summed E-state index contributed by atoms with van der Waals surface area (Å²) in [5, 5.41) is 9.12. The summed E-state index contributed by atoms with van der Waals surface area (Å²) in [5.74, 6) is -0.142. The average molecular weight is 240 g/mol. The Bertz CT molecular complexity index is 520. The molecule has 1 saturated heterocycles. The van der Waals surface area contributed by atoms with Gasteiger partial charge in [-0.1, -0.05) is 29.8 Å². The molecule has 0 unspecified atom stereocenters. The summed E-state index contributed by atoms with van der Waals surface area (Å²) in [5.41, 5.74) is 2.25. The highest BCUT2D eigenvalue weighted by Crippen LogP contribution is 2.14. The van der Waals surface area contributed by atoms with Crippen LogP contribution in [0.5, 0.6) is 0 Å². The third-order valence-corrected chi connectivity index (χ3v) is 3.10. The van der Waals surface area contributed by atoms with Crippen molar-refractivity contribution in [1.29, 1.82) is 5.26 Å². The van der Waals surface area contributed by atoms with Crippen LogP contribution in [0.4, 0.5) is 0 Å². The Hall–Kier alpha value is -2.08. The van der Waals surface area contributed by atoms with Crippen molar-refractivity contribution in [3.05, 3.63) is 41.0 Å². The molecular formula is C15H16N2O. The number of likely N-dealkylation sites (tertiary alicyclic amines) is 1. The predicted molar refractivity (Wildman–Crippen MR) is 70.6 cm³/mol. The fourth-order valence-electron chi connectivity index (χ4n) is 2.16. The molecule has 1 aromatic carbocycles. The number of benzene rings is 1. The molecule has 0 radical (unpaired) electrons. The van der Waals surface area contributed by atoms with E-state index in [1.807, 2.05) is 37.3 Å². The van der Waals surface area contributed by atoms with Gasteiger partial charge < -0.3 is 4.90 Å². The fourth-order valence-corrected chi connectivity index (χ4v) is 2.16. The smallest absolute Gasteiger partial charge is 0.264 e. The van der Waals surface area contributed by atoms with Gasteiger partial charge in [0, 0.05) is 13.1 Å². The Balaban J connectivity index is 2.23. The van der Waals surface area contributed by atoms with Crippen molar-refractivity contribution in [1.82, 2.24) is 4.90 Å². The molecule has 18 heavy (non-hydrogen) atoms. The first-order valence-corrected chi connectivity index (χ1v) is 6.18. The van der Waals surface area contributed by atoms with Crippen molar-refractivity contribution in [2.75, 3.05) is 13.1 Å². The van der Waals surface area contributed by atoms with Crippen molar-refractivity contribution >= 4 is 12.0 Å². The molecule has 1 fully saturated rings. The molecule has 0 bridgehead atoms. The van der Waals surface area contributed by atoms with Gasteiger partial charge in [0.15, 0.2) is 0 Å². The van der Waals surface area contributed by atoms with E-state index in [9.17, 15) is 4.79 Å². The first kappa shape index (κ1) is 12.4. The zero-order valence-electron chi connectivity index (χ0n) is 10.5. The summed E-state index contributed by atoms with van der Waals surface area (Å²) < 4.78 is 0. The molecule has 1 aliphatic heterocycles. The summed E-state index contributed by atoms with van der Waals surface area (Å²) in [4.78, 5) is 13.9. The van der Waals surface area contributed by atoms with E-state index in [2.05, 4.69) is 0 Å². The number of rotatable bonds is 2. The zero-order valence-corrected chi connectivity index (χ0v) is 10.5. The molecule has 1 aromatic rings. The van der Waals surface area contributed by atoms with Gasteiger partial charge in [0.1, 0.15) is 11.6 Å². The summed E-state index contributed by atoms with van der Waals surface area (Å²) in [6.45, 7) is 3.53. The van der Waals surface area contributed by atoms with Gasteiger partial charge in [-0.2, -0.15) is 5.26 Å². The molecule has 1 heterocycles. The maximum Gasteiger partial charge on any atom is 0.264 e. The van der Waals surface area contributed by atoms with Crippen molar-refractivity contribution < 1.29 is 4.79 Å². The lowest BCUT2D eigenvalue weighted by Crippen LogP contribution is -2.28. The van der Waals surface area contributed by atoms with Crippen LogP contribution in [0.25, 0.3) is 6.08 Å². The van der Waals surface area contributed by atoms with Gasteiger partial charge in [0.2, 0.25) is 0 Å². The van der Waals surface area contributed by atoms with Crippen LogP contribution < -0.4 is 0 Å². The molecule has 0 aliphatic carbocycles. The number of aryl methyl sites for hydroxylation is 1. The molecule has 1 aliphatic rings. The predicted octanol–water partition coefficient (Wildman–Crippen LogP) is 2.52. The van der Waals surface area contributed by atoms with E-state index >= 15 is 0 Å². The van der Waals surface area contributed by atoms with Gasteiger partial charge in [-0.3, -0.25) is 4.79 Å². The van der Waals surface area contributed by atoms with Crippen molar-refractivity contribution in [2.24, 2.45) is 0 Å². The Morgan fingerprint density at radius 3 is 2.72 bits per heavy atom. The van der Waals surface area contributed by atoms with Crippen LogP contribution in [-0.2, 0) is 4.79 Å². The van der Waals surface area contributed by atoms with E-state index in [1.54, 1.807) is 11.0 Å². The summed E-state index contributed by atoms with van der Waals surface area (Å²) in [7, 11) is 0. The topological polar surface area (TPSA) is 44.1 Å². The zero-order chi connectivity index (χ0) is 13.0. The lowest BCUT2D eigenvalue weighted by atomic mass is 10.1. The minimum absolute atomic E-state index is 0.142. The lowest BCUT2D eigenvalue weighted by Gasteiger charge is -2.14. The molecule has 92 valence electrons. The minimum atomic E-state index is -0.142. The van der Waals surface area contributed by atoms with E-state index in [0.29, 0.717) is 0 Å². The standard InChI is InChI=1S/C15H16N2O/c1-12-5-4-6-13(9-12)10-14(11-16)15(18)17-7-2-3-8-17/h4-6,9-10H,2-3,7-8H2,1H3/b14-10+. The third-order valence-electron chi connectivity index (χ3n) is 3.10. The van der Waals surface area contributed by atoms with Crippen LogP contribution in [-0.4, -0.2) is 23.9 Å². The highest BCUT2D eigenvalue weighted by Gasteiger charge is 2.21. The molecule has 0 spiro atoms. The molecule has 0 aromatic heterocycles. The monoisotopic (exact) mass is 240 g/mol. The molecule has 0 atom stereocenters. The van der Waals surface area contributed by atoms with Gasteiger partial charge in [-0.05, 0) is 31.4 Å². The first-order chi connectivity index (χ1) is 8.70. The largest absolute Gasteiger partial charge is 0.338 e. The second-order valence-electron chi connectivity index (χ2n) is 4.58. The molecule has 3 nitrogen and oxygen atoms in total. The number of carbonyl (C=O) groups excluding carboxylic acids is 1. The molecular weight excluding hydrogens is 224 g/mol.